The average Bonchev–Trinajstić information content (AvgIpc) is 2.72. The SMILES string of the molecule is CCCCCc1ccc(-c2ccc(-c3ccc(CCC)c(C)c3F)cc2F)cc1. The first-order chi connectivity index (χ1) is 14.0. The Morgan fingerprint density at radius 3 is 2.03 bits per heavy atom. The van der Waals surface area contributed by atoms with Gasteiger partial charge in [-0.2, -0.15) is 0 Å². The van der Waals surface area contributed by atoms with E-state index >= 15 is 0 Å². The van der Waals surface area contributed by atoms with E-state index in [2.05, 4.69) is 26.0 Å². The summed E-state index contributed by atoms with van der Waals surface area (Å²) in [5.74, 6) is -0.574. The first-order valence-corrected chi connectivity index (χ1v) is 10.7. The molecule has 0 nitrogen and oxygen atoms in total. The molecule has 0 aliphatic rings. The predicted octanol–water partition coefficient (Wildman–Crippen LogP) is 8.29. The third kappa shape index (κ3) is 4.93. The van der Waals surface area contributed by atoms with Crippen molar-refractivity contribution in [1.82, 2.24) is 0 Å². The van der Waals surface area contributed by atoms with Crippen molar-refractivity contribution in [3.05, 3.63) is 82.9 Å². The fourth-order valence-electron chi connectivity index (χ4n) is 3.84. The molecule has 3 aromatic rings. The van der Waals surface area contributed by atoms with Crippen LogP contribution >= 0.6 is 0 Å². The van der Waals surface area contributed by atoms with E-state index in [0.717, 1.165) is 30.4 Å². The van der Waals surface area contributed by atoms with E-state index in [1.807, 2.05) is 24.3 Å². The monoisotopic (exact) mass is 392 g/mol. The number of aryl methyl sites for hydroxylation is 2. The zero-order chi connectivity index (χ0) is 20.8. The zero-order valence-corrected chi connectivity index (χ0v) is 17.7. The van der Waals surface area contributed by atoms with Crippen LogP contribution in [0.15, 0.2) is 54.6 Å². The first kappa shape index (κ1) is 21.2. The second kappa shape index (κ2) is 9.82. The van der Waals surface area contributed by atoms with Gasteiger partial charge in [0, 0.05) is 11.1 Å². The molecule has 2 heteroatoms. The van der Waals surface area contributed by atoms with E-state index in [1.54, 1.807) is 19.1 Å². The molecule has 0 saturated heterocycles. The Bertz CT molecular complexity index is 955. The molecular formula is C27H30F2. The van der Waals surface area contributed by atoms with Crippen LogP contribution in [0.4, 0.5) is 8.78 Å². The molecule has 0 amide bonds. The minimum atomic E-state index is -0.323. The minimum Gasteiger partial charge on any atom is -0.206 e. The van der Waals surface area contributed by atoms with Gasteiger partial charge in [-0.25, -0.2) is 8.78 Å². The van der Waals surface area contributed by atoms with Crippen molar-refractivity contribution in [2.45, 2.75) is 59.3 Å². The van der Waals surface area contributed by atoms with Gasteiger partial charge in [-0.1, -0.05) is 81.6 Å². The lowest BCUT2D eigenvalue weighted by Crippen LogP contribution is -1.96. The van der Waals surface area contributed by atoms with Crippen LogP contribution in [0.1, 0.15) is 56.2 Å². The number of halogens is 2. The zero-order valence-electron chi connectivity index (χ0n) is 17.7. The smallest absolute Gasteiger partial charge is 0.134 e. The van der Waals surface area contributed by atoms with Crippen molar-refractivity contribution >= 4 is 0 Å². The average molecular weight is 393 g/mol. The lowest BCUT2D eigenvalue weighted by molar-refractivity contribution is 0.616. The van der Waals surface area contributed by atoms with Crippen molar-refractivity contribution in [1.29, 1.82) is 0 Å². The second-order valence-corrected chi connectivity index (χ2v) is 7.81. The van der Waals surface area contributed by atoms with E-state index in [0.29, 0.717) is 22.3 Å². The highest BCUT2D eigenvalue weighted by atomic mass is 19.1. The first-order valence-electron chi connectivity index (χ1n) is 10.7. The van der Waals surface area contributed by atoms with Crippen LogP contribution in [0.2, 0.25) is 0 Å². The summed E-state index contributed by atoms with van der Waals surface area (Å²) in [5, 5.41) is 0. The summed E-state index contributed by atoms with van der Waals surface area (Å²) in [6.07, 6.45) is 6.50. The Labute approximate surface area is 173 Å². The third-order valence-electron chi connectivity index (χ3n) is 5.63. The predicted molar refractivity (Wildman–Crippen MR) is 119 cm³/mol. The van der Waals surface area contributed by atoms with Gasteiger partial charge in [-0.15, -0.1) is 0 Å². The van der Waals surface area contributed by atoms with Crippen LogP contribution in [0, 0.1) is 18.6 Å². The molecule has 0 saturated carbocycles. The van der Waals surface area contributed by atoms with E-state index in [9.17, 15) is 8.78 Å². The summed E-state index contributed by atoms with van der Waals surface area (Å²) in [6.45, 7) is 6.08. The van der Waals surface area contributed by atoms with Crippen molar-refractivity contribution < 1.29 is 8.78 Å². The molecule has 0 fully saturated rings. The van der Waals surface area contributed by atoms with Crippen molar-refractivity contribution in [2.24, 2.45) is 0 Å². The minimum absolute atomic E-state index is 0.250. The van der Waals surface area contributed by atoms with Gasteiger partial charge < -0.3 is 0 Å². The van der Waals surface area contributed by atoms with Gasteiger partial charge in [-0.05, 0) is 60.1 Å². The summed E-state index contributed by atoms with van der Waals surface area (Å²) >= 11 is 0. The van der Waals surface area contributed by atoms with Gasteiger partial charge >= 0.3 is 0 Å². The molecule has 0 bridgehead atoms. The standard InChI is InChI=1S/C27H30F2/c1-4-6-7-9-20-10-12-22(13-11-20)24-16-15-23(18-26(24)28)25-17-14-21(8-5-2)19(3)27(25)29/h10-18H,4-9H2,1-3H3. The summed E-state index contributed by atoms with van der Waals surface area (Å²) < 4.78 is 29.8. The summed E-state index contributed by atoms with van der Waals surface area (Å²) in [7, 11) is 0. The highest BCUT2D eigenvalue weighted by molar-refractivity contribution is 5.72. The van der Waals surface area contributed by atoms with Gasteiger partial charge in [0.1, 0.15) is 11.6 Å². The quantitative estimate of drug-likeness (QED) is 0.338. The van der Waals surface area contributed by atoms with Crippen LogP contribution in [-0.2, 0) is 12.8 Å². The summed E-state index contributed by atoms with van der Waals surface area (Å²) in [4.78, 5) is 0. The van der Waals surface area contributed by atoms with Crippen LogP contribution in [0.5, 0.6) is 0 Å². The van der Waals surface area contributed by atoms with Crippen molar-refractivity contribution in [3.63, 3.8) is 0 Å². The molecule has 0 aliphatic carbocycles. The van der Waals surface area contributed by atoms with Crippen LogP contribution < -0.4 is 0 Å². The number of benzene rings is 3. The molecule has 0 atom stereocenters. The molecule has 0 N–H and O–H groups in total. The normalized spacial score (nSPS) is 11.1. The molecule has 0 unspecified atom stereocenters. The van der Waals surface area contributed by atoms with Gasteiger partial charge in [0.15, 0.2) is 0 Å². The molecule has 0 heterocycles. The number of hydrogen-bond acceptors (Lipinski definition) is 0. The van der Waals surface area contributed by atoms with E-state index in [-0.39, 0.29) is 11.6 Å². The Hall–Kier alpha value is -2.48. The van der Waals surface area contributed by atoms with Gasteiger partial charge in [0.05, 0.1) is 0 Å². The molecule has 3 aromatic carbocycles. The number of rotatable bonds is 8. The molecule has 152 valence electrons. The van der Waals surface area contributed by atoms with Gasteiger partial charge in [0.25, 0.3) is 0 Å². The van der Waals surface area contributed by atoms with E-state index in [4.69, 9.17) is 0 Å². The summed E-state index contributed by atoms with van der Waals surface area (Å²) in [6, 6.07) is 16.8. The molecule has 3 rings (SSSR count). The van der Waals surface area contributed by atoms with E-state index < -0.39 is 0 Å². The molecule has 0 radical (unpaired) electrons. The fraction of sp³-hybridized carbons (Fsp3) is 0.333. The largest absolute Gasteiger partial charge is 0.206 e. The third-order valence-corrected chi connectivity index (χ3v) is 5.63. The van der Waals surface area contributed by atoms with Crippen LogP contribution in [0.25, 0.3) is 22.3 Å². The Morgan fingerprint density at radius 2 is 1.38 bits per heavy atom. The topological polar surface area (TPSA) is 0 Å². The molecule has 0 spiro atoms. The Balaban J connectivity index is 1.85. The summed E-state index contributed by atoms with van der Waals surface area (Å²) in [5.41, 5.74) is 5.39. The molecule has 29 heavy (non-hydrogen) atoms. The highest BCUT2D eigenvalue weighted by Crippen LogP contribution is 2.31. The van der Waals surface area contributed by atoms with E-state index in [1.165, 1.54) is 30.9 Å². The van der Waals surface area contributed by atoms with Crippen molar-refractivity contribution in [2.75, 3.05) is 0 Å². The van der Waals surface area contributed by atoms with Gasteiger partial charge in [0.2, 0.25) is 0 Å². The van der Waals surface area contributed by atoms with Crippen molar-refractivity contribution in [3.8, 4) is 22.3 Å². The molecule has 0 aliphatic heterocycles. The second-order valence-electron chi connectivity index (χ2n) is 7.81. The lowest BCUT2D eigenvalue weighted by Gasteiger charge is -2.12. The maximum absolute atomic E-state index is 14.9. The fourth-order valence-corrected chi connectivity index (χ4v) is 3.84. The van der Waals surface area contributed by atoms with Gasteiger partial charge in [-0.3, -0.25) is 0 Å². The highest BCUT2D eigenvalue weighted by Gasteiger charge is 2.14. The van der Waals surface area contributed by atoms with Crippen LogP contribution in [0.3, 0.4) is 0 Å². The van der Waals surface area contributed by atoms with Crippen LogP contribution in [-0.4, -0.2) is 0 Å². The number of unbranched alkanes of at least 4 members (excludes halogenated alkanes) is 2. The maximum Gasteiger partial charge on any atom is 0.134 e. The Kier molecular flexibility index (Phi) is 7.19. The molecule has 0 aromatic heterocycles. The lowest BCUT2D eigenvalue weighted by atomic mass is 9.94. The molecular weight excluding hydrogens is 362 g/mol. The number of hydrogen-bond donors (Lipinski definition) is 0. The maximum atomic E-state index is 14.9. The Morgan fingerprint density at radius 1 is 0.690 bits per heavy atom.